The average molecular weight is 343 g/mol. The summed E-state index contributed by atoms with van der Waals surface area (Å²) >= 11 is 0. The zero-order valence-corrected chi connectivity index (χ0v) is 13.2. The van der Waals surface area contributed by atoms with Gasteiger partial charge in [-0.15, -0.1) is 4.40 Å². The number of fused-ring (bicyclic) bond motifs is 1. The first-order valence-corrected chi connectivity index (χ1v) is 7.80. The minimum atomic E-state index is -4.64. The van der Waals surface area contributed by atoms with Crippen molar-refractivity contribution in [2.24, 2.45) is 0 Å². The first-order chi connectivity index (χ1) is 11.4. The molecule has 0 aromatic carbocycles. The highest BCUT2D eigenvalue weighted by Crippen LogP contribution is 2.32. The number of oxazole rings is 1. The molecule has 1 aliphatic rings. The number of nitrogens with zero attached hydrogens (tertiary/aromatic N) is 1. The van der Waals surface area contributed by atoms with Crippen LogP contribution in [0.15, 0.2) is 22.7 Å². The zero-order chi connectivity index (χ0) is 17.3. The van der Waals surface area contributed by atoms with Crippen LogP contribution >= 0.6 is 0 Å². The van der Waals surface area contributed by atoms with Crippen LogP contribution in [-0.4, -0.2) is 19.1 Å². The van der Waals surface area contributed by atoms with Crippen LogP contribution in [0.25, 0.3) is 5.52 Å². The summed E-state index contributed by atoms with van der Waals surface area (Å²) in [6.45, 7) is 0. The Morgan fingerprint density at radius 3 is 2.67 bits per heavy atom. The third-order valence-electron chi connectivity index (χ3n) is 4.21. The number of esters is 1. The van der Waals surface area contributed by atoms with Gasteiger partial charge in [-0.25, -0.2) is 4.79 Å². The molecule has 130 valence electrons. The van der Waals surface area contributed by atoms with Gasteiger partial charge in [0.05, 0.1) is 12.7 Å². The number of aromatic nitrogens is 1. The van der Waals surface area contributed by atoms with Crippen LogP contribution < -0.4 is 9.72 Å². The van der Waals surface area contributed by atoms with E-state index in [1.165, 1.54) is 25.4 Å². The number of pyridine rings is 1. The summed E-state index contributed by atoms with van der Waals surface area (Å²) in [5, 5.41) is 3.06. The number of methoxy groups -OCH3 is 1. The summed E-state index contributed by atoms with van der Waals surface area (Å²) in [7, 11) is 1.22. The normalized spacial score (nSPS) is 16.3. The Hall–Kier alpha value is -2.25. The number of nitrogens with one attached hydrogen (secondary N) is 1. The lowest BCUT2D eigenvalue weighted by Crippen LogP contribution is -2.30. The molecule has 0 bridgehead atoms. The Kier molecular flexibility index (Phi) is 4.38. The molecule has 0 saturated heterocycles. The van der Waals surface area contributed by atoms with Crippen molar-refractivity contribution in [1.29, 1.82) is 0 Å². The minimum absolute atomic E-state index is 0.0278. The molecule has 2 heterocycles. The van der Waals surface area contributed by atoms with Crippen molar-refractivity contribution < 1.29 is 31.5 Å². The molecule has 5 nitrogen and oxygen atoms in total. The van der Waals surface area contributed by atoms with Crippen molar-refractivity contribution in [2.75, 3.05) is 12.4 Å². The maximum Gasteiger partial charge on any atom is 0.518 e. The van der Waals surface area contributed by atoms with Crippen molar-refractivity contribution in [3.8, 4) is 0 Å². The van der Waals surface area contributed by atoms with E-state index in [0.29, 0.717) is 0 Å². The number of carbonyl (C=O) groups is 1. The number of rotatable bonds is 3. The third kappa shape index (κ3) is 3.18. The molecule has 1 N–H and O–H groups in total. The topological polar surface area (TPSA) is 55.6 Å². The molecular formula is C16H18F3N2O3+. The molecule has 1 aliphatic carbocycles. The van der Waals surface area contributed by atoms with Crippen molar-refractivity contribution in [3.05, 3.63) is 29.8 Å². The Morgan fingerprint density at radius 2 is 2.04 bits per heavy atom. The Balaban J connectivity index is 2.06. The molecule has 0 amide bonds. The van der Waals surface area contributed by atoms with Gasteiger partial charge >= 0.3 is 18.0 Å². The van der Waals surface area contributed by atoms with Crippen LogP contribution in [0.3, 0.4) is 0 Å². The molecule has 3 rings (SSSR count). The summed E-state index contributed by atoms with van der Waals surface area (Å²) < 4.78 is 50.2. The van der Waals surface area contributed by atoms with Crippen molar-refractivity contribution >= 4 is 17.4 Å². The van der Waals surface area contributed by atoms with Crippen molar-refractivity contribution in [3.63, 3.8) is 0 Å². The summed E-state index contributed by atoms with van der Waals surface area (Å²) in [6.07, 6.45) is 1.48. The minimum Gasteiger partial charge on any atom is -0.465 e. The van der Waals surface area contributed by atoms with Crippen molar-refractivity contribution in [1.82, 2.24) is 0 Å². The van der Waals surface area contributed by atoms with E-state index < -0.39 is 18.0 Å². The Labute approximate surface area is 136 Å². The highest BCUT2D eigenvalue weighted by Gasteiger charge is 2.47. The van der Waals surface area contributed by atoms with E-state index in [9.17, 15) is 18.0 Å². The van der Waals surface area contributed by atoms with E-state index in [4.69, 9.17) is 4.42 Å². The lowest BCUT2D eigenvalue weighted by molar-refractivity contribution is -0.551. The number of anilines is 1. The number of hydrogen-bond acceptors (Lipinski definition) is 4. The molecule has 8 heteroatoms. The van der Waals surface area contributed by atoms with Gasteiger partial charge in [0.2, 0.25) is 0 Å². The molecule has 2 aromatic heterocycles. The van der Waals surface area contributed by atoms with Gasteiger partial charge in [0.1, 0.15) is 0 Å². The third-order valence-corrected chi connectivity index (χ3v) is 4.21. The second kappa shape index (κ2) is 6.33. The first kappa shape index (κ1) is 16.6. The van der Waals surface area contributed by atoms with Gasteiger partial charge in [-0.2, -0.15) is 13.2 Å². The highest BCUT2D eigenvalue weighted by molar-refractivity contribution is 5.90. The van der Waals surface area contributed by atoms with E-state index in [1.54, 1.807) is 0 Å². The maximum atomic E-state index is 13.2. The molecule has 0 radical (unpaired) electrons. The summed E-state index contributed by atoms with van der Waals surface area (Å²) in [4.78, 5) is 11.7. The average Bonchev–Trinajstić information content (AvgIpc) is 2.93. The first-order valence-electron chi connectivity index (χ1n) is 7.80. The van der Waals surface area contributed by atoms with Crippen LogP contribution in [0, 0.1) is 0 Å². The molecule has 0 spiro atoms. The smallest absolute Gasteiger partial charge is 0.465 e. The number of carbonyl (C=O) groups excluding carboxylic acids is 1. The van der Waals surface area contributed by atoms with Crippen LogP contribution in [0.4, 0.5) is 19.1 Å². The molecule has 1 fully saturated rings. The van der Waals surface area contributed by atoms with E-state index >= 15 is 0 Å². The van der Waals surface area contributed by atoms with Gasteiger partial charge in [0.25, 0.3) is 11.4 Å². The van der Waals surface area contributed by atoms with Gasteiger partial charge in [-0.3, -0.25) is 0 Å². The number of alkyl halides is 3. The summed E-state index contributed by atoms with van der Waals surface area (Å²) in [5.41, 5.74) is 0.328. The van der Waals surface area contributed by atoms with Crippen LogP contribution in [-0.2, 0) is 10.9 Å². The molecule has 2 aromatic rings. The van der Waals surface area contributed by atoms with E-state index in [-0.39, 0.29) is 23.0 Å². The predicted octanol–water partition coefficient (Wildman–Crippen LogP) is 3.57. The monoisotopic (exact) mass is 343 g/mol. The highest BCUT2D eigenvalue weighted by atomic mass is 19.4. The SMILES string of the molecule is COC(=O)c1cc[n+]2c(C(F)(F)F)oc(NC3CCCCC3)c2c1. The zero-order valence-electron chi connectivity index (χ0n) is 13.2. The van der Waals surface area contributed by atoms with E-state index in [0.717, 1.165) is 36.5 Å². The van der Waals surface area contributed by atoms with Gasteiger partial charge in [0, 0.05) is 18.2 Å². The molecule has 1 saturated carbocycles. The van der Waals surface area contributed by atoms with Gasteiger partial charge in [0.15, 0.2) is 6.20 Å². The second-order valence-corrected chi connectivity index (χ2v) is 5.88. The summed E-state index contributed by atoms with van der Waals surface area (Å²) in [6, 6.07) is 2.68. The number of ether oxygens (including phenoxy) is 1. The van der Waals surface area contributed by atoms with Crippen LogP contribution in [0.5, 0.6) is 0 Å². The molecule has 24 heavy (non-hydrogen) atoms. The number of hydrogen-bond donors (Lipinski definition) is 1. The van der Waals surface area contributed by atoms with E-state index in [2.05, 4.69) is 10.1 Å². The van der Waals surface area contributed by atoms with Crippen LogP contribution in [0.2, 0.25) is 0 Å². The fraction of sp³-hybridized carbons (Fsp3) is 0.500. The summed E-state index contributed by atoms with van der Waals surface area (Å²) in [5.74, 6) is -1.72. The lowest BCUT2D eigenvalue weighted by atomic mass is 9.95. The lowest BCUT2D eigenvalue weighted by Gasteiger charge is -2.21. The number of halogens is 3. The molecule has 0 unspecified atom stereocenters. The molecular weight excluding hydrogens is 325 g/mol. The Bertz CT molecular complexity index is 749. The van der Waals surface area contributed by atoms with Crippen molar-refractivity contribution in [2.45, 2.75) is 44.3 Å². The van der Waals surface area contributed by atoms with E-state index in [1.807, 2.05) is 0 Å². The quantitative estimate of drug-likeness (QED) is 0.684. The predicted molar refractivity (Wildman–Crippen MR) is 78.7 cm³/mol. The molecule has 0 atom stereocenters. The maximum absolute atomic E-state index is 13.2. The Morgan fingerprint density at radius 1 is 1.33 bits per heavy atom. The second-order valence-electron chi connectivity index (χ2n) is 5.88. The van der Waals surface area contributed by atoms with Gasteiger partial charge in [-0.05, 0) is 12.8 Å². The standard InChI is InChI=1S/C16H17F3N2O3/c1-23-14(22)10-7-8-21-12(9-10)13(24-15(21)16(17,18)19)20-11-5-3-2-4-6-11/h7-9,11H,2-6H2,1H3/p+1. The fourth-order valence-electron chi connectivity index (χ4n) is 3.03. The van der Waals surface area contributed by atoms with Crippen LogP contribution in [0.1, 0.15) is 48.4 Å². The van der Waals surface area contributed by atoms with Gasteiger partial charge in [-0.1, -0.05) is 19.3 Å². The largest absolute Gasteiger partial charge is 0.518 e. The fourth-order valence-corrected chi connectivity index (χ4v) is 3.03. The molecule has 0 aliphatic heterocycles. The van der Waals surface area contributed by atoms with Gasteiger partial charge < -0.3 is 14.5 Å².